The van der Waals surface area contributed by atoms with Gasteiger partial charge in [-0.2, -0.15) is 8.42 Å². The predicted molar refractivity (Wildman–Crippen MR) is 47.1 cm³/mol. The van der Waals surface area contributed by atoms with Gasteiger partial charge in [0.25, 0.3) is 0 Å². The summed E-state index contributed by atoms with van der Waals surface area (Å²) in [5.74, 6) is -0.225. The van der Waals surface area contributed by atoms with Crippen LogP contribution in [0.1, 0.15) is 0 Å². The number of benzene rings is 1. The van der Waals surface area contributed by atoms with Crippen molar-refractivity contribution >= 4 is 33.7 Å². The first-order valence-corrected chi connectivity index (χ1v) is 5.04. The van der Waals surface area contributed by atoms with Gasteiger partial charge in [-0.05, 0) is 12.1 Å². The van der Waals surface area contributed by atoms with Gasteiger partial charge in [0.1, 0.15) is 5.75 Å². The maximum Gasteiger partial charge on any atom is 0.488 e. The molecular weight excluding hydrogens is 242 g/mol. The van der Waals surface area contributed by atoms with Gasteiger partial charge in [0, 0.05) is 6.07 Å². The van der Waals surface area contributed by atoms with Gasteiger partial charge in [0.05, 0.1) is 10.0 Å². The predicted octanol–water partition coefficient (Wildman–Crippen LogP) is 2.59. The van der Waals surface area contributed by atoms with Crippen LogP contribution < -0.4 is 4.18 Å². The number of hydrogen-bond donors (Lipinski definition) is 0. The molecule has 1 aromatic carbocycles. The molecule has 0 radical (unpaired) electrons. The van der Waals surface area contributed by atoms with Crippen molar-refractivity contribution in [3.05, 3.63) is 28.2 Å². The fourth-order valence-corrected chi connectivity index (χ4v) is 1.27. The lowest BCUT2D eigenvalue weighted by molar-refractivity contribution is 0.440. The summed E-state index contributed by atoms with van der Waals surface area (Å²) in [5.41, 5.74) is 0. The molecule has 0 spiro atoms. The molecule has 0 amide bonds. The van der Waals surface area contributed by atoms with E-state index < -0.39 is 10.5 Å². The van der Waals surface area contributed by atoms with E-state index in [1.54, 1.807) is 0 Å². The highest BCUT2D eigenvalue weighted by Crippen LogP contribution is 2.27. The molecule has 0 aliphatic heterocycles. The SMILES string of the molecule is O=S(=O)(F)Oc1ccc(Cl)c(Cl)c1. The van der Waals surface area contributed by atoms with E-state index in [-0.39, 0.29) is 15.8 Å². The van der Waals surface area contributed by atoms with E-state index in [0.29, 0.717) is 0 Å². The normalized spacial score (nSPS) is 11.3. The Morgan fingerprint density at radius 2 is 1.85 bits per heavy atom. The zero-order valence-corrected chi connectivity index (χ0v) is 8.33. The third kappa shape index (κ3) is 3.38. The van der Waals surface area contributed by atoms with E-state index in [1.807, 2.05) is 0 Å². The molecule has 13 heavy (non-hydrogen) atoms. The highest BCUT2D eigenvalue weighted by Gasteiger charge is 2.10. The average molecular weight is 245 g/mol. The highest BCUT2D eigenvalue weighted by molar-refractivity contribution is 7.81. The number of hydrogen-bond acceptors (Lipinski definition) is 3. The van der Waals surface area contributed by atoms with Crippen LogP contribution in [0.3, 0.4) is 0 Å². The molecule has 3 nitrogen and oxygen atoms in total. The summed E-state index contributed by atoms with van der Waals surface area (Å²) in [7, 11) is -5.01. The van der Waals surface area contributed by atoms with Gasteiger partial charge in [0.2, 0.25) is 0 Å². The van der Waals surface area contributed by atoms with E-state index in [2.05, 4.69) is 4.18 Å². The van der Waals surface area contributed by atoms with Crippen molar-refractivity contribution in [2.75, 3.05) is 0 Å². The first-order valence-electron chi connectivity index (χ1n) is 2.97. The second-order valence-electron chi connectivity index (χ2n) is 2.05. The van der Waals surface area contributed by atoms with Crippen molar-refractivity contribution in [3.8, 4) is 5.75 Å². The molecule has 1 aromatic rings. The van der Waals surface area contributed by atoms with E-state index in [0.717, 1.165) is 6.07 Å². The fraction of sp³-hybridized carbons (Fsp3) is 0. The lowest BCUT2D eigenvalue weighted by Gasteiger charge is -2.00. The zero-order valence-electron chi connectivity index (χ0n) is 6.00. The first-order chi connectivity index (χ1) is 5.88. The summed E-state index contributed by atoms with van der Waals surface area (Å²) in [6.07, 6.45) is 0. The number of rotatable bonds is 2. The second kappa shape index (κ2) is 3.69. The van der Waals surface area contributed by atoms with Gasteiger partial charge in [-0.15, -0.1) is 0 Å². The van der Waals surface area contributed by atoms with Gasteiger partial charge < -0.3 is 4.18 Å². The third-order valence-electron chi connectivity index (χ3n) is 1.09. The molecule has 0 aliphatic carbocycles. The van der Waals surface area contributed by atoms with Crippen LogP contribution in [0.4, 0.5) is 3.89 Å². The molecule has 0 saturated carbocycles. The van der Waals surface area contributed by atoms with Crippen LogP contribution in [0.25, 0.3) is 0 Å². The van der Waals surface area contributed by atoms with Crippen LogP contribution in [0.5, 0.6) is 5.75 Å². The van der Waals surface area contributed by atoms with Crippen LogP contribution in [-0.4, -0.2) is 8.42 Å². The van der Waals surface area contributed by atoms with Crippen LogP contribution in [-0.2, 0) is 10.5 Å². The Labute approximate surface area is 84.4 Å². The van der Waals surface area contributed by atoms with E-state index in [4.69, 9.17) is 23.2 Å². The largest absolute Gasteiger partial charge is 0.488 e. The quantitative estimate of drug-likeness (QED) is 0.752. The minimum atomic E-state index is -5.01. The molecule has 0 saturated heterocycles. The summed E-state index contributed by atoms with van der Waals surface area (Å²) in [6.45, 7) is 0. The molecule has 72 valence electrons. The van der Waals surface area contributed by atoms with Crippen molar-refractivity contribution in [2.45, 2.75) is 0 Å². The maximum atomic E-state index is 12.0. The average Bonchev–Trinajstić information content (AvgIpc) is 1.94. The summed E-state index contributed by atoms with van der Waals surface area (Å²) in [4.78, 5) is 0. The molecule has 0 heterocycles. The minimum absolute atomic E-state index is 0.0859. The Morgan fingerprint density at radius 3 is 2.31 bits per heavy atom. The molecular formula is C6H3Cl2FO3S. The van der Waals surface area contributed by atoms with E-state index in [9.17, 15) is 12.3 Å². The maximum absolute atomic E-state index is 12.0. The Bertz CT molecular complexity index is 418. The number of halogens is 3. The van der Waals surface area contributed by atoms with Crippen molar-refractivity contribution in [3.63, 3.8) is 0 Å². The van der Waals surface area contributed by atoms with Crippen LogP contribution in [0, 0.1) is 0 Å². The lowest BCUT2D eigenvalue weighted by Crippen LogP contribution is -2.00. The summed E-state index contributed by atoms with van der Waals surface area (Å²) >= 11 is 11.0. The molecule has 0 N–H and O–H groups in total. The fourth-order valence-electron chi connectivity index (χ4n) is 0.644. The summed E-state index contributed by atoms with van der Waals surface area (Å²) in [6, 6.07) is 3.58. The third-order valence-corrected chi connectivity index (χ3v) is 2.22. The van der Waals surface area contributed by atoms with Crippen molar-refractivity contribution in [2.24, 2.45) is 0 Å². The molecule has 0 atom stereocenters. The van der Waals surface area contributed by atoms with Crippen LogP contribution in [0.2, 0.25) is 10.0 Å². The van der Waals surface area contributed by atoms with Crippen LogP contribution >= 0.6 is 23.2 Å². The van der Waals surface area contributed by atoms with Gasteiger partial charge in [-0.25, -0.2) is 0 Å². The Kier molecular flexibility index (Phi) is 3.00. The molecule has 0 unspecified atom stereocenters. The topological polar surface area (TPSA) is 43.4 Å². The second-order valence-corrected chi connectivity index (χ2v) is 3.82. The van der Waals surface area contributed by atoms with E-state index >= 15 is 0 Å². The zero-order chi connectivity index (χ0) is 10.1. The summed E-state index contributed by atoms with van der Waals surface area (Å²) in [5, 5.41) is 0.313. The van der Waals surface area contributed by atoms with Gasteiger partial charge in [-0.1, -0.05) is 27.1 Å². The van der Waals surface area contributed by atoms with Gasteiger partial charge in [0.15, 0.2) is 0 Å². The first kappa shape index (κ1) is 10.6. The smallest absolute Gasteiger partial charge is 0.358 e. The molecule has 7 heteroatoms. The Balaban J connectivity index is 2.99. The van der Waals surface area contributed by atoms with Crippen LogP contribution in [0.15, 0.2) is 18.2 Å². The Hall–Kier alpha value is -0.520. The molecule has 0 aromatic heterocycles. The van der Waals surface area contributed by atoms with Gasteiger partial charge >= 0.3 is 10.5 Å². The van der Waals surface area contributed by atoms with Crippen molar-refractivity contribution in [1.29, 1.82) is 0 Å². The lowest BCUT2D eigenvalue weighted by atomic mass is 10.3. The molecule has 0 aliphatic rings. The molecule has 0 bridgehead atoms. The van der Waals surface area contributed by atoms with Crippen molar-refractivity contribution < 1.29 is 16.5 Å². The molecule has 0 fully saturated rings. The highest BCUT2D eigenvalue weighted by atomic mass is 35.5. The Morgan fingerprint density at radius 1 is 1.23 bits per heavy atom. The van der Waals surface area contributed by atoms with E-state index in [1.165, 1.54) is 12.1 Å². The molecule has 1 rings (SSSR count). The minimum Gasteiger partial charge on any atom is -0.358 e. The summed E-state index contributed by atoms with van der Waals surface area (Å²) < 4.78 is 35.9. The monoisotopic (exact) mass is 244 g/mol. The van der Waals surface area contributed by atoms with Crippen molar-refractivity contribution in [1.82, 2.24) is 0 Å². The van der Waals surface area contributed by atoms with Gasteiger partial charge in [-0.3, -0.25) is 0 Å². The standard InChI is InChI=1S/C6H3Cl2FO3S/c7-5-2-1-4(3-6(5)8)12-13(9,10)11/h1-3H.